The molecule has 0 saturated heterocycles. The van der Waals surface area contributed by atoms with Crippen LogP contribution in [0.25, 0.3) is 0 Å². The van der Waals surface area contributed by atoms with Crippen LogP contribution in [-0.4, -0.2) is 23.4 Å². The minimum atomic E-state index is -0.868. The second-order valence-corrected chi connectivity index (χ2v) is 3.85. The molecule has 0 aliphatic rings. The summed E-state index contributed by atoms with van der Waals surface area (Å²) >= 11 is 0. The van der Waals surface area contributed by atoms with Gasteiger partial charge in [-0.2, -0.15) is 0 Å². The summed E-state index contributed by atoms with van der Waals surface area (Å²) in [5.41, 5.74) is 1.32. The Balaban J connectivity index is 2.45. The van der Waals surface area contributed by atoms with Gasteiger partial charge in [0, 0.05) is 0 Å². The van der Waals surface area contributed by atoms with Crippen molar-refractivity contribution < 1.29 is 24.3 Å². The van der Waals surface area contributed by atoms with Gasteiger partial charge >= 0.3 is 5.97 Å². The fraction of sp³-hybridized carbons (Fsp3) is 0.333. The number of ether oxygens (including phenoxy) is 1. The van der Waals surface area contributed by atoms with E-state index in [4.69, 9.17) is 4.74 Å². The molecule has 0 radical (unpaired) electrons. The van der Waals surface area contributed by atoms with Gasteiger partial charge in [0.2, 0.25) is 0 Å². The molecule has 0 atom stereocenters. The minimum Gasteiger partial charge on any atom is -0.457 e. The molecule has 0 spiro atoms. The minimum absolute atomic E-state index is 0.0453. The fourth-order valence-corrected chi connectivity index (χ4v) is 1.28. The highest BCUT2D eigenvalue weighted by Gasteiger charge is 2.06. The van der Waals surface area contributed by atoms with Crippen molar-refractivity contribution in [1.29, 1.82) is 0 Å². The van der Waals surface area contributed by atoms with Crippen LogP contribution in [0.15, 0.2) is 24.3 Å². The molecule has 0 heterocycles. The zero-order chi connectivity index (χ0) is 14.3. The van der Waals surface area contributed by atoms with Crippen LogP contribution in [0.5, 0.6) is 0 Å². The molecule has 0 unspecified atom stereocenters. The summed E-state index contributed by atoms with van der Waals surface area (Å²) in [5, 5.41) is 9.14. The van der Waals surface area contributed by atoms with E-state index in [0.717, 1.165) is 0 Å². The highest BCUT2D eigenvalue weighted by Crippen LogP contribution is 2.07. The zero-order valence-corrected chi connectivity index (χ0v) is 10.3. The van der Waals surface area contributed by atoms with Crippen molar-refractivity contribution in [2.24, 2.45) is 0 Å². The molecule has 0 aliphatic heterocycles. The summed E-state index contributed by atoms with van der Waals surface area (Å²) in [4.78, 5) is 36.2. The smallest absolute Gasteiger partial charge is 0.310 e. The lowest BCUT2D eigenvalue weighted by Crippen LogP contribution is -2.13. The highest BCUT2D eigenvalue weighted by atomic mass is 16.9. The van der Waals surface area contributed by atoms with Gasteiger partial charge in [-0.05, 0) is 18.1 Å². The predicted molar refractivity (Wildman–Crippen MR) is 63.6 cm³/mol. The summed E-state index contributed by atoms with van der Waals surface area (Å²) in [6.07, 6.45) is 0.0453. The van der Waals surface area contributed by atoms with Gasteiger partial charge < -0.3 is 9.57 Å². The Bertz CT molecular complexity index is 468. The first-order valence-electron chi connectivity index (χ1n) is 5.47. The normalized spacial score (nSPS) is 9.74. The number of nitrogens with zero attached hydrogens (tertiary/aromatic N) is 1. The van der Waals surface area contributed by atoms with Gasteiger partial charge in [-0.15, -0.1) is 10.1 Å². The van der Waals surface area contributed by atoms with E-state index in [2.05, 4.69) is 4.84 Å². The summed E-state index contributed by atoms with van der Waals surface area (Å²) in [5.74, 6) is -0.717. The van der Waals surface area contributed by atoms with Crippen molar-refractivity contribution in [3.63, 3.8) is 0 Å². The average Bonchev–Trinajstić information content (AvgIpc) is 2.35. The molecule has 0 N–H and O–H groups in total. The molecule has 102 valence electrons. The van der Waals surface area contributed by atoms with E-state index < -0.39 is 11.1 Å². The maximum atomic E-state index is 11.3. The Hall–Kier alpha value is -2.44. The van der Waals surface area contributed by atoms with Crippen LogP contribution in [-0.2, 0) is 32.2 Å². The van der Waals surface area contributed by atoms with Crippen LogP contribution in [0.4, 0.5) is 0 Å². The SMILES string of the molecule is CC(=O)COC(=O)Cc1ccc(CO[N+](=O)[O-])cc1. The Morgan fingerprint density at radius 2 is 1.79 bits per heavy atom. The van der Waals surface area contributed by atoms with Gasteiger partial charge in [-0.3, -0.25) is 9.59 Å². The van der Waals surface area contributed by atoms with Gasteiger partial charge in [-0.1, -0.05) is 24.3 Å². The van der Waals surface area contributed by atoms with E-state index >= 15 is 0 Å². The largest absolute Gasteiger partial charge is 0.457 e. The summed E-state index contributed by atoms with van der Waals surface area (Å²) in [6, 6.07) is 6.54. The first-order chi connectivity index (χ1) is 8.97. The Morgan fingerprint density at radius 1 is 1.21 bits per heavy atom. The van der Waals surface area contributed by atoms with Gasteiger partial charge in [0.05, 0.1) is 6.42 Å². The third-order valence-corrected chi connectivity index (χ3v) is 2.14. The number of hydrogen-bond acceptors (Lipinski definition) is 6. The number of hydrogen-bond donors (Lipinski definition) is 0. The molecule has 1 aromatic rings. The second kappa shape index (κ2) is 7.10. The molecule has 0 fully saturated rings. The van der Waals surface area contributed by atoms with Crippen molar-refractivity contribution in [3.8, 4) is 0 Å². The molecule has 7 heteroatoms. The van der Waals surface area contributed by atoms with Gasteiger partial charge in [-0.25, -0.2) is 0 Å². The van der Waals surface area contributed by atoms with Crippen molar-refractivity contribution in [1.82, 2.24) is 0 Å². The fourth-order valence-electron chi connectivity index (χ4n) is 1.28. The monoisotopic (exact) mass is 267 g/mol. The molecule has 0 saturated carbocycles. The maximum absolute atomic E-state index is 11.3. The van der Waals surface area contributed by atoms with Gasteiger partial charge in [0.1, 0.15) is 13.2 Å². The van der Waals surface area contributed by atoms with Crippen molar-refractivity contribution in [2.45, 2.75) is 20.0 Å². The van der Waals surface area contributed by atoms with Crippen LogP contribution in [0.2, 0.25) is 0 Å². The lowest BCUT2D eigenvalue weighted by molar-refractivity contribution is -0.763. The number of esters is 1. The molecule has 7 nitrogen and oxygen atoms in total. The van der Waals surface area contributed by atoms with Crippen LogP contribution in [0.1, 0.15) is 18.1 Å². The molecular weight excluding hydrogens is 254 g/mol. The Labute approximate surface area is 109 Å². The lowest BCUT2D eigenvalue weighted by atomic mass is 10.1. The second-order valence-electron chi connectivity index (χ2n) is 3.85. The standard InChI is InChI=1S/C12H13NO6/c1-9(14)7-18-12(15)6-10-2-4-11(5-3-10)8-19-13(16)17/h2-5H,6-8H2,1H3. The quantitative estimate of drug-likeness (QED) is 0.416. The van der Waals surface area contributed by atoms with E-state index in [-0.39, 0.29) is 25.4 Å². The topological polar surface area (TPSA) is 95.7 Å². The number of carbonyl (C=O) groups excluding carboxylic acids is 2. The number of carbonyl (C=O) groups is 2. The molecule has 1 rings (SSSR count). The van der Waals surface area contributed by atoms with Crippen LogP contribution in [0, 0.1) is 10.1 Å². The van der Waals surface area contributed by atoms with Crippen LogP contribution in [0.3, 0.4) is 0 Å². The number of Topliss-reactive ketones (excluding diaryl/α,β-unsaturated/α-hetero) is 1. The molecule has 19 heavy (non-hydrogen) atoms. The van der Waals surface area contributed by atoms with E-state index in [1.807, 2.05) is 0 Å². The number of ketones is 1. The molecule has 0 bridgehead atoms. The zero-order valence-electron chi connectivity index (χ0n) is 10.3. The van der Waals surface area contributed by atoms with Gasteiger partial charge in [0.15, 0.2) is 5.78 Å². The number of rotatable bonds is 7. The molecule has 1 aromatic carbocycles. The van der Waals surface area contributed by atoms with Crippen LogP contribution >= 0.6 is 0 Å². The average molecular weight is 267 g/mol. The van der Waals surface area contributed by atoms with E-state index in [1.165, 1.54) is 6.92 Å². The predicted octanol–water partition coefficient (Wildman–Crippen LogP) is 1.07. The summed E-state index contributed by atoms with van der Waals surface area (Å²) in [7, 11) is 0. The number of benzene rings is 1. The summed E-state index contributed by atoms with van der Waals surface area (Å²) in [6.45, 7) is 0.965. The Kier molecular flexibility index (Phi) is 5.46. The van der Waals surface area contributed by atoms with Crippen LogP contribution < -0.4 is 0 Å². The third-order valence-electron chi connectivity index (χ3n) is 2.14. The molecular formula is C12H13NO6. The van der Waals surface area contributed by atoms with E-state index in [9.17, 15) is 19.7 Å². The van der Waals surface area contributed by atoms with E-state index in [0.29, 0.717) is 11.1 Å². The molecule has 0 aromatic heterocycles. The maximum Gasteiger partial charge on any atom is 0.310 e. The highest BCUT2D eigenvalue weighted by molar-refractivity contribution is 5.80. The first-order valence-corrected chi connectivity index (χ1v) is 5.47. The molecule has 0 aliphatic carbocycles. The first kappa shape index (κ1) is 14.6. The lowest BCUT2D eigenvalue weighted by Gasteiger charge is -2.04. The Morgan fingerprint density at radius 3 is 2.32 bits per heavy atom. The molecule has 0 amide bonds. The summed E-state index contributed by atoms with van der Waals surface area (Å²) < 4.78 is 4.71. The van der Waals surface area contributed by atoms with Gasteiger partial charge in [0.25, 0.3) is 5.09 Å². The van der Waals surface area contributed by atoms with E-state index in [1.54, 1.807) is 24.3 Å². The van der Waals surface area contributed by atoms with Crippen molar-refractivity contribution >= 4 is 11.8 Å². The third kappa shape index (κ3) is 6.16. The van der Waals surface area contributed by atoms with Crippen molar-refractivity contribution in [3.05, 3.63) is 45.5 Å². The van der Waals surface area contributed by atoms with Crippen molar-refractivity contribution in [2.75, 3.05) is 6.61 Å².